The highest BCUT2D eigenvalue weighted by Gasteiger charge is 2.81. The summed E-state index contributed by atoms with van der Waals surface area (Å²) in [5.74, 6) is 6.19. The van der Waals surface area contributed by atoms with Crippen molar-refractivity contribution < 1.29 is 28.9 Å². The predicted molar refractivity (Wildman–Crippen MR) is 120 cm³/mol. The van der Waals surface area contributed by atoms with Gasteiger partial charge in [-0.3, -0.25) is 4.79 Å². The van der Waals surface area contributed by atoms with Gasteiger partial charge in [-0.2, -0.15) is 0 Å². The van der Waals surface area contributed by atoms with Crippen LogP contribution in [0, 0.1) is 33.5 Å². The van der Waals surface area contributed by atoms with Crippen LogP contribution < -0.4 is 0 Å². The second-order valence-corrected chi connectivity index (χ2v) is 11.5. The van der Waals surface area contributed by atoms with Crippen LogP contribution >= 0.6 is 0 Å². The maximum absolute atomic E-state index is 12.8. The van der Waals surface area contributed by atoms with E-state index in [-0.39, 0.29) is 23.8 Å². The number of aliphatic hydroxyl groups excluding tert-OH is 1. The topological polar surface area (TPSA) is 82.1 Å². The van der Waals surface area contributed by atoms with Gasteiger partial charge in [-0.25, -0.2) is 4.79 Å². The Morgan fingerprint density at radius 2 is 2.00 bits per heavy atom. The van der Waals surface area contributed by atoms with Crippen molar-refractivity contribution in [1.82, 2.24) is 0 Å². The molecule has 6 nitrogen and oxygen atoms in total. The third-order valence-corrected chi connectivity index (χ3v) is 9.73. The van der Waals surface area contributed by atoms with Crippen LogP contribution in [0.3, 0.4) is 0 Å². The number of cyclic esters (lactones) is 1. The van der Waals surface area contributed by atoms with Gasteiger partial charge in [0.2, 0.25) is 0 Å². The first-order chi connectivity index (χ1) is 15.5. The van der Waals surface area contributed by atoms with E-state index in [9.17, 15) is 14.7 Å². The van der Waals surface area contributed by atoms with E-state index in [0.717, 1.165) is 12.0 Å². The summed E-state index contributed by atoms with van der Waals surface area (Å²) in [4.78, 5) is 24.5. The van der Waals surface area contributed by atoms with E-state index in [1.165, 1.54) is 0 Å². The van der Waals surface area contributed by atoms with E-state index in [2.05, 4.69) is 45.6 Å². The summed E-state index contributed by atoms with van der Waals surface area (Å²) in [5, 5.41) is 11.8. The zero-order valence-electron chi connectivity index (χ0n) is 20.0. The van der Waals surface area contributed by atoms with Crippen LogP contribution in [-0.2, 0) is 23.8 Å². The fraction of sp³-hybridized carbons (Fsp3) is 0.704. The monoisotopic (exact) mass is 454 g/mol. The Bertz CT molecular complexity index is 1010. The highest BCUT2D eigenvalue weighted by Crippen LogP contribution is 2.76. The van der Waals surface area contributed by atoms with Gasteiger partial charge in [0.1, 0.15) is 18.3 Å². The highest BCUT2D eigenvalue weighted by atomic mass is 16.5. The van der Waals surface area contributed by atoms with Crippen LogP contribution in [0.4, 0.5) is 0 Å². The predicted octanol–water partition coefficient (Wildman–Crippen LogP) is 3.83. The second kappa shape index (κ2) is 7.12. The van der Waals surface area contributed by atoms with Gasteiger partial charge in [-0.1, -0.05) is 26.7 Å². The molecular formula is C27H34O6. The van der Waals surface area contributed by atoms with Gasteiger partial charge >= 0.3 is 11.9 Å². The lowest BCUT2D eigenvalue weighted by Gasteiger charge is -2.75. The molecule has 1 N–H and O–H groups in total. The summed E-state index contributed by atoms with van der Waals surface area (Å²) in [6.07, 6.45) is 8.21. The van der Waals surface area contributed by atoms with Crippen LogP contribution in [0.2, 0.25) is 0 Å². The third-order valence-electron chi connectivity index (χ3n) is 9.73. The molecule has 2 aliphatic carbocycles. The van der Waals surface area contributed by atoms with Gasteiger partial charge in [0.05, 0.1) is 24.2 Å². The second-order valence-electron chi connectivity index (χ2n) is 11.5. The van der Waals surface area contributed by atoms with E-state index >= 15 is 0 Å². The van der Waals surface area contributed by atoms with E-state index < -0.39 is 34.1 Å². The Kier molecular flexibility index (Phi) is 4.86. The Hall–Kier alpha value is -2.26. The van der Waals surface area contributed by atoms with E-state index in [1.807, 2.05) is 0 Å². The molecule has 5 aliphatic rings. The molecule has 6 unspecified atom stereocenters. The van der Waals surface area contributed by atoms with Gasteiger partial charge in [-0.15, -0.1) is 5.92 Å². The Labute approximate surface area is 195 Å². The number of esters is 2. The number of carbonyl (C=O) groups excluding carboxylic acids is 2. The molecule has 2 saturated carbocycles. The smallest absolute Gasteiger partial charge is 0.331 e. The van der Waals surface area contributed by atoms with E-state index in [4.69, 9.17) is 14.2 Å². The molecule has 0 radical (unpaired) electrons. The summed E-state index contributed by atoms with van der Waals surface area (Å²) in [6.45, 7) is 8.95. The number of aliphatic hydroxyl groups is 1. The summed E-state index contributed by atoms with van der Waals surface area (Å²) in [6, 6.07) is 0. The zero-order chi connectivity index (χ0) is 23.7. The number of hydrogen-bond donors (Lipinski definition) is 1. The third kappa shape index (κ3) is 2.72. The minimum absolute atomic E-state index is 0.231. The molecule has 33 heavy (non-hydrogen) atoms. The lowest BCUT2D eigenvalue weighted by Crippen LogP contribution is -2.80. The first-order valence-electron chi connectivity index (χ1n) is 12.1. The SMILES string of the molecule is CC1(C)CCC(O)C2(C)C3(CCC4=CC(=O)OC4)OC=CC12C1CC3(C)C#CCCC(=O)O1. The van der Waals surface area contributed by atoms with Gasteiger partial charge in [0, 0.05) is 29.7 Å². The van der Waals surface area contributed by atoms with Crippen LogP contribution in [0.25, 0.3) is 0 Å². The molecule has 2 fully saturated rings. The summed E-state index contributed by atoms with van der Waals surface area (Å²) in [5.41, 5.74) is -2.20. The van der Waals surface area contributed by atoms with Crippen molar-refractivity contribution in [3.05, 3.63) is 24.0 Å². The molecule has 0 aromatic heterocycles. The summed E-state index contributed by atoms with van der Waals surface area (Å²) in [7, 11) is 0. The molecule has 6 heteroatoms. The molecule has 0 spiro atoms. The van der Waals surface area contributed by atoms with Crippen LogP contribution in [-0.4, -0.2) is 41.5 Å². The van der Waals surface area contributed by atoms with E-state index in [0.29, 0.717) is 38.7 Å². The van der Waals surface area contributed by atoms with Crippen molar-refractivity contribution in [2.24, 2.45) is 21.7 Å². The Morgan fingerprint density at radius 1 is 1.21 bits per heavy atom. The van der Waals surface area contributed by atoms with Crippen molar-refractivity contribution in [2.45, 2.75) is 90.4 Å². The molecule has 0 amide bonds. The number of ether oxygens (including phenoxy) is 3. The molecule has 0 saturated heterocycles. The average molecular weight is 455 g/mol. The van der Waals surface area contributed by atoms with Crippen molar-refractivity contribution in [1.29, 1.82) is 0 Å². The van der Waals surface area contributed by atoms with Crippen molar-refractivity contribution in [2.75, 3.05) is 6.61 Å². The van der Waals surface area contributed by atoms with Gasteiger partial charge in [0.15, 0.2) is 0 Å². The fourth-order valence-electron chi connectivity index (χ4n) is 8.05. The molecule has 4 bridgehead atoms. The molecular weight excluding hydrogens is 420 g/mol. The van der Waals surface area contributed by atoms with Gasteiger partial charge in [-0.05, 0) is 49.7 Å². The maximum atomic E-state index is 12.8. The van der Waals surface area contributed by atoms with E-state index in [1.54, 1.807) is 12.3 Å². The highest BCUT2D eigenvalue weighted by molar-refractivity contribution is 5.85. The first kappa shape index (κ1) is 22.5. The normalized spacial score (nSPS) is 45.1. The largest absolute Gasteiger partial charge is 0.493 e. The van der Waals surface area contributed by atoms with Crippen molar-refractivity contribution >= 4 is 11.9 Å². The molecule has 5 rings (SSSR count). The molecule has 178 valence electrons. The minimum Gasteiger partial charge on any atom is -0.493 e. The first-order valence-corrected chi connectivity index (χ1v) is 12.1. The van der Waals surface area contributed by atoms with Crippen LogP contribution in [0.15, 0.2) is 24.0 Å². The maximum Gasteiger partial charge on any atom is 0.331 e. The lowest BCUT2D eigenvalue weighted by atomic mass is 9.32. The molecule has 3 aliphatic heterocycles. The van der Waals surface area contributed by atoms with Crippen LogP contribution in [0.1, 0.15) is 72.6 Å². The quantitative estimate of drug-likeness (QED) is 0.516. The minimum atomic E-state index is -0.835. The Balaban J connectivity index is 1.74. The average Bonchev–Trinajstić information content (AvgIpc) is 3.19. The summed E-state index contributed by atoms with van der Waals surface area (Å²) < 4.78 is 18.0. The Morgan fingerprint density at radius 3 is 2.73 bits per heavy atom. The van der Waals surface area contributed by atoms with Gasteiger partial charge < -0.3 is 19.3 Å². The number of fused-ring (bicyclic) bond motifs is 3. The number of carbonyl (C=O) groups is 2. The molecule has 3 heterocycles. The number of hydrogen-bond acceptors (Lipinski definition) is 6. The molecule has 6 atom stereocenters. The number of rotatable bonds is 3. The van der Waals surface area contributed by atoms with Crippen molar-refractivity contribution in [3.8, 4) is 11.8 Å². The zero-order valence-corrected chi connectivity index (χ0v) is 20.0. The summed E-state index contributed by atoms with van der Waals surface area (Å²) >= 11 is 0. The van der Waals surface area contributed by atoms with Gasteiger partial charge in [0.25, 0.3) is 0 Å². The molecule has 0 aromatic carbocycles. The fourth-order valence-corrected chi connectivity index (χ4v) is 8.05. The van der Waals surface area contributed by atoms with Crippen LogP contribution in [0.5, 0.6) is 0 Å². The molecule has 0 aromatic rings. The van der Waals surface area contributed by atoms with Crippen molar-refractivity contribution in [3.63, 3.8) is 0 Å². The lowest BCUT2D eigenvalue weighted by molar-refractivity contribution is -0.336. The standard InChI is InChI=1S/C27H34O6/c1-23(2)11-9-19(28)25(4)26(23)13-14-32-27(25,12-8-18-15-22(30)31-17-18)24(3)10-6-5-7-21(29)33-20(26)16-24/h13-15,19-20,28H,5,7-9,11-12,16-17H2,1-4H3.